The third-order valence-electron chi connectivity index (χ3n) is 2.22. The summed E-state index contributed by atoms with van der Waals surface area (Å²) in [6.07, 6.45) is 2.15. The first-order chi connectivity index (χ1) is 5.83. The summed E-state index contributed by atoms with van der Waals surface area (Å²) in [5.41, 5.74) is 1.31. The monoisotopic (exact) mass is 161 g/mol. The van der Waals surface area contributed by atoms with E-state index in [9.17, 15) is 0 Å². The summed E-state index contributed by atoms with van der Waals surface area (Å²) in [6.45, 7) is 3.18. The molecule has 1 aromatic heterocycles. The Bertz CT molecular complexity index is 401. The van der Waals surface area contributed by atoms with E-state index in [-0.39, 0.29) is 0 Å². The summed E-state index contributed by atoms with van der Waals surface area (Å²) < 4.78 is 4.38. The van der Waals surface area contributed by atoms with Crippen molar-refractivity contribution in [2.45, 2.75) is 13.5 Å². The van der Waals surface area contributed by atoms with Crippen LogP contribution in [0.2, 0.25) is 0 Å². The van der Waals surface area contributed by atoms with Crippen molar-refractivity contribution >= 4 is 10.9 Å². The molecule has 0 aliphatic heterocycles. The van der Waals surface area contributed by atoms with Gasteiger partial charge in [-0.25, -0.2) is 0 Å². The number of rotatable bonds is 1. The number of aromatic nitrogens is 2. The molecule has 0 N–H and O–H groups in total. The van der Waals surface area contributed by atoms with Crippen LogP contribution in [0.15, 0.2) is 30.5 Å². The third kappa shape index (κ3) is 0.916. The van der Waals surface area contributed by atoms with E-state index in [0.717, 1.165) is 6.54 Å². The predicted octanol–water partition coefficient (Wildman–Crippen LogP) is 1.49. The molecule has 12 heavy (non-hydrogen) atoms. The van der Waals surface area contributed by atoms with Gasteiger partial charge in [-0.05, 0) is 19.1 Å². The number of para-hydroxylation sites is 1. The second kappa shape index (κ2) is 2.63. The van der Waals surface area contributed by atoms with Crippen LogP contribution in [0.1, 0.15) is 6.92 Å². The fourth-order valence-electron chi connectivity index (χ4n) is 1.67. The summed E-state index contributed by atoms with van der Waals surface area (Å²) in [7, 11) is 2.07. The van der Waals surface area contributed by atoms with Gasteiger partial charge in [0.1, 0.15) is 5.52 Å². The highest BCUT2D eigenvalue weighted by Gasteiger charge is 2.08. The lowest BCUT2D eigenvalue weighted by Gasteiger charge is -1.94. The van der Waals surface area contributed by atoms with Crippen molar-refractivity contribution < 1.29 is 4.68 Å². The number of hydrogen-bond donors (Lipinski definition) is 0. The Morgan fingerprint density at radius 3 is 2.83 bits per heavy atom. The fraction of sp³-hybridized carbons (Fsp3) is 0.300. The van der Waals surface area contributed by atoms with Gasteiger partial charge in [-0.3, -0.25) is 0 Å². The highest BCUT2D eigenvalue weighted by atomic mass is 15.4. The minimum absolute atomic E-state index is 1.02. The van der Waals surface area contributed by atoms with Crippen LogP contribution in [-0.2, 0) is 13.6 Å². The molecule has 0 fully saturated rings. The van der Waals surface area contributed by atoms with Gasteiger partial charge < -0.3 is 0 Å². The van der Waals surface area contributed by atoms with E-state index in [4.69, 9.17) is 0 Å². The molecular formula is C10H13N2+. The average molecular weight is 161 g/mol. The smallest absolute Gasteiger partial charge is 0.154 e. The molecule has 2 heteroatoms. The molecular weight excluding hydrogens is 148 g/mol. The van der Waals surface area contributed by atoms with Crippen LogP contribution in [0.5, 0.6) is 0 Å². The first kappa shape index (κ1) is 7.35. The lowest BCUT2D eigenvalue weighted by molar-refractivity contribution is -0.750. The molecule has 1 heterocycles. The van der Waals surface area contributed by atoms with E-state index in [1.54, 1.807) is 0 Å². The molecule has 0 spiro atoms. The Morgan fingerprint density at radius 2 is 2.08 bits per heavy atom. The first-order valence-electron chi connectivity index (χ1n) is 4.27. The maximum absolute atomic E-state index is 2.25. The molecule has 0 aliphatic carbocycles. The summed E-state index contributed by atoms with van der Waals surface area (Å²) in [5, 5.41) is 1.31. The van der Waals surface area contributed by atoms with Crippen molar-refractivity contribution in [3.8, 4) is 0 Å². The standard InChI is InChI=1S/C10H13N2/c1-3-12-10-7-5-4-6-9(10)8-11(12)2/h4-8H,3H2,1-2H3/q+1. The molecule has 0 saturated carbocycles. The zero-order valence-corrected chi connectivity index (χ0v) is 7.49. The van der Waals surface area contributed by atoms with Crippen LogP contribution in [0, 0.1) is 0 Å². The highest BCUT2D eigenvalue weighted by Crippen LogP contribution is 2.10. The van der Waals surface area contributed by atoms with Crippen molar-refractivity contribution in [2.24, 2.45) is 7.05 Å². The van der Waals surface area contributed by atoms with Gasteiger partial charge in [0.25, 0.3) is 0 Å². The third-order valence-corrected chi connectivity index (χ3v) is 2.22. The molecule has 0 aliphatic rings. The Morgan fingerprint density at radius 1 is 1.33 bits per heavy atom. The van der Waals surface area contributed by atoms with Gasteiger partial charge in [-0.15, -0.1) is 4.68 Å². The van der Waals surface area contributed by atoms with Crippen LogP contribution < -0.4 is 4.68 Å². The van der Waals surface area contributed by atoms with Crippen LogP contribution in [0.25, 0.3) is 10.9 Å². The van der Waals surface area contributed by atoms with Crippen molar-refractivity contribution in [2.75, 3.05) is 0 Å². The lowest BCUT2D eigenvalue weighted by Crippen LogP contribution is -2.37. The molecule has 0 saturated heterocycles. The van der Waals surface area contributed by atoms with E-state index < -0.39 is 0 Å². The predicted molar refractivity (Wildman–Crippen MR) is 48.8 cm³/mol. The number of hydrogen-bond acceptors (Lipinski definition) is 0. The molecule has 0 amide bonds. The summed E-state index contributed by atoms with van der Waals surface area (Å²) >= 11 is 0. The van der Waals surface area contributed by atoms with Gasteiger partial charge >= 0.3 is 0 Å². The van der Waals surface area contributed by atoms with E-state index >= 15 is 0 Å². The number of aryl methyl sites for hydroxylation is 2. The minimum Gasteiger partial charge on any atom is -0.154 e. The molecule has 62 valence electrons. The van der Waals surface area contributed by atoms with Gasteiger partial charge in [-0.2, -0.15) is 4.68 Å². The van der Waals surface area contributed by atoms with Crippen molar-refractivity contribution in [1.82, 2.24) is 4.68 Å². The molecule has 0 radical (unpaired) electrons. The van der Waals surface area contributed by atoms with Gasteiger partial charge in [0.05, 0.1) is 11.9 Å². The van der Waals surface area contributed by atoms with E-state index in [0.29, 0.717) is 0 Å². The summed E-state index contributed by atoms with van der Waals surface area (Å²) in [6, 6.07) is 8.44. The van der Waals surface area contributed by atoms with Crippen LogP contribution in [0.4, 0.5) is 0 Å². The fourth-order valence-corrected chi connectivity index (χ4v) is 1.67. The van der Waals surface area contributed by atoms with Gasteiger partial charge in [0, 0.05) is 0 Å². The quantitative estimate of drug-likeness (QED) is 0.560. The number of fused-ring (bicyclic) bond motifs is 1. The first-order valence-corrected chi connectivity index (χ1v) is 4.27. The second-order valence-corrected chi connectivity index (χ2v) is 2.98. The van der Waals surface area contributed by atoms with Gasteiger partial charge in [0.15, 0.2) is 7.05 Å². The molecule has 0 unspecified atom stereocenters. The Balaban J connectivity index is 2.81. The van der Waals surface area contributed by atoms with Crippen LogP contribution in [0.3, 0.4) is 0 Å². The SMILES string of the molecule is CCn1c2ccccc2c[n+]1C. The Hall–Kier alpha value is -1.31. The molecule has 1 aromatic carbocycles. The summed E-state index contributed by atoms with van der Waals surface area (Å²) in [4.78, 5) is 0. The second-order valence-electron chi connectivity index (χ2n) is 2.98. The molecule has 2 aromatic rings. The Labute approximate surface area is 72.0 Å². The zero-order valence-electron chi connectivity index (χ0n) is 7.49. The molecule has 0 atom stereocenters. The number of nitrogens with zero attached hydrogens (tertiary/aromatic N) is 2. The van der Waals surface area contributed by atoms with Crippen molar-refractivity contribution in [3.05, 3.63) is 30.5 Å². The van der Waals surface area contributed by atoms with E-state index in [1.807, 2.05) is 0 Å². The van der Waals surface area contributed by atoms with E-state index in [1.165, 1.54) is 10.9 Å². The van der Waals surface area contributed by atoms with Crippen LogP contribution in [-0.4, -0.2) is 4.68 Å². The van der Waals surface area contributed by atoms with E-state index in [2.05, 4.69) is 53.8 Å². The topological polar surface area (TPSA) is 8.81 Å². The van der Waals surface area contributed by atoms with Crippen molar-refractivity contribution in [1.29, 1.82) is 0 Å². The normalized spacial score (nSPS) is 10.8. The lowest BCUT2D eigenvalue weighted by atomic mass is 10.3. The largest absolute Gasteiger partial charge is 0.203 e. The summed E-state index contributed by atoms with van der Waals surface area (Å²) in [5.74, 6) is 0. The Kier molecular flexibility index (Phi) is 1.61. The maximum Gasteiger partial charge on any atom is 0.203 e. The minimum atomic E-state index is 1.02. The van der Waals surface area contributed by atoms with Crippen LogP contribution >= 0.6 is 0 Å². The molecule has 0 bridgehead atoms. The van der Waals surface area contributed by atoms with Gasteiger partial charge in [0.2, 0.25) is 6.20 Å². The number of benzene rings is 1. The van der Waals surface area contributed by atoms with Gasteiger partial charge in [-0.1, -0.05) is 12.1 Å². The maximum atomic E-state index is 2.25. The zero-order chi connectivity index (χ0) is 8.55. The highest BCUT2D eigenvalue weighted by molar-refractivity contribution is 5.77. The molecule has 2 nitrogen and oxygen atoms in total. The average Bonchev–Trinajstić information content (AvgIpc) is 2.40. The molecule has 2 rings (SSSR count). The van der Waals surface area contributed by atoms with Crippen molar-refractivity contribution in [3.63, 3.8) is 0 Å².